The molecule has 2 aromatic rings. The largest absolute Gasteiger partial charge is 0.351 e. The van der Waals surface area contributed by atoms with Gasteiger partial charge < -0.3 is 10.3 Å². The number of aromatic nitrogens is 1. The number of benzene rings is 1. The first-order chi connectivity index (χ1) is 9.85. The summed E-state index contributed by atoms with van der Waals surface area (Å²) < 4.78 is 37.1. The summed E-state index contributed by atoms with van der Waals surface area (Å²) in [7, 11) is -3.20. The quantitative estimate of drug-likeness (QED) is 0.694. The van der Waals surface area contributed by atoms with Gasteiger partial charge in [-0.2, -0.15) is 0 Å². The minimum atomic E-state index is -3.20. The van der Waals surface area contributed by atoms with Crippen LogP contribution in [0.4, 0.5) is 4.39 Å². The molecule has 0 fully saturated rings. The summed E-state index contributed by atoms with van der Waals surface area (Å²) in [6.45, 7) is 0.599. The Morgan fingerprint density at radius 2 is 2.05 bits per heavy atom. The third-order valence-corrected chi connectivity index (χ3v) is 3.56. The zero-order valence-electron chi connectivity index (χ0n) is 11.4. The van der Waals surface area contributed by atoms with E-state index >= 15 is 0 Å². The van der Waals surface area contributed by atoms with Crippen LogP contribution in [-0.2, 0) is 10.0 Å². The second-order valence-electron chi connectivity index (χ2n) is 4.69. The van der Waals surface area contributed by atoms with E-state index in [1.165, 1.54) is 12.1 Å². The minimum Gasteiger partial charge on any atom is -0.351 e. The second-order valence-corrected chi connectivity index (χ2v) is 6.52. The van der Waals surface area contributed by atoms with E-state index in [0.717, 1.165) is 6.26 Å². The van der Waals surface area contributed by atoms with Gasteiger partial charge in [-0.1, -0.05) is 0 Å². The van der Waals surface area contributed by atoms with Crippen molar-refractivity contribution in [2.45, 2.75) is 6.42 Å². The summed E-state index contributed by atoms with van der Waals surface area (Å²) in [6.07, 6.45) is 1.56. The third-order valence-electron chi connectivity index (χ3n) is 2.83. The topological polar surface area (TPSA) is 91.1 Å². The number of sulfonamides is 1. The van der Waals surface area contributed by atoms with E-state index in [1.54, 1.807) is 12.1 Å². The number of amides is 1. The molecular formula is C13H16FN3O3S. The van der Waals surface area contributed by atoms with Crippen LogP contribution < -0.4 is 10.0 Å². The zero-order valence-corrected chi connectivity index (χ0v) is 12.3. The average Bonchev–Trinajstić information content (AvgIpc) is 2.79. The van der Waals surface area contributed by atoms with Crippen molar-refractivity contribution in [3.8, 4) is 0 Å². The smallest absolute Gasteiger partial charge is 0.267 e. The lowest BCUT2D eigenvalue weighted by Crippen LogP contribution is -2.29. The van der Waals surface area contributed by atoms with E-state index in [4.69, 9.17) is 0 Å². The van der Waals surface area contributed by atoms with Gasteiger partial charge >= 0.3 is 0 Å². The molecule has 0 saturated heterocycles. The molecule has 8 heteroatoms. The van der Waals surface area contributed by atoms with Crippen molar-refractivity contribution in [3.63, 3.8) is 0 Å². The Kier molecular flexibility index (Phi) is 4.59. The molecule has 0 atom stereocenters. The molecule has 0 saturated carbocycles. The molecule has 0 aliphatic rings. The van der Waals surface area contributed by atoms with Gasteiger partial charge in [0.05, 0.1) is 6.26 Å². The standard InChI is InChI=1S/C13H16FN3O3S/c1-21(19,20)16-6-2-5-15-13(18)12-8-9-7-10(14)3-4-11(9)17-12/h3-4,7-8,16-17H,2,5-6H2,1H3,(H,15,18). The molecule has 0 unspecified atom stereocenters. The van der Waals surface area contributed by atoms with Gasteiger partial charge in [0, 0.05) is 24.0 Å². The number of aromatic amines is 1. The van der Waals surface area contributed by atoms with E-state index in [2.05, 4.69) is 15.0 Å². The monoisotopic (exact) mass is 313 g/mol. The first kappa shape index (κ1) is 15.5. The normalized spacial score (nSPS) is 11.7. The predicted molar refractivity (Wildman–Crippen MR) is 78.1 cm³/mol. The number of nitrogens with one attached hydrogen (secondary N) is 3. The van der Waals surface area contributed by atoms with Gasteiger partial charge in [-0.05, 0) is 30.7 Å². The van der Waals surface area contributed by atoms with E-state index < -0.39 is 10.0 Å². The number of rotatable bonds is 6. The highest BCUT2D eigenvalue weighted by Gasteiger charge is 2.09. The molecule has 1 aromatic carbocycles. The van der Waals surface area contributed by atoms with Crippen LogP contribution in [0.25, 0.3) is 10.9 Å². The highest BCUT2D eigenvalue weighted by atomic mass is 32.2. The first-order valence-electron chi connectivity index (χ1n) is 6.36. The number of hydrogen-bond donors (Lipinski definition) is 3. The van der Waals surface area contributed by atoms with Crippen LogP contribution >= 0.6 is 0 Å². The molecule has 1 heterocycles. The predicted octanol–water partition coefficient (Wildman–Crippen LogP) is 0.976. The lowest BCUT2D eigenvalue weighted by atomic mass is 10.2. The summed E-state index contributed by atoms with van der Waals surface area (Å²) >= 11 is 0. The Morgan fingerprint density at radius 1 is 1.29 bits per heavy atom. The Balaban J connectivity index is 1.87. The lowest BCUT2D eigenvalue weighted by molar-refractivity contribution is 0.0949. The number of halogens is 1. The Labute approximate surface area is 121 Å². The van der Waals surface area contributed by atoms with Gasteiger partial charge in [-0.25, -0.2) is 17.5 Å². The van der Waals surface area contributed by atoms with Gasteiger partial charge in [0.15, 0.2) is 0 Å². The van der Waals surface area contributed by atoms with E-state index in [-0.39, 0.29) is 18.3 Å². The summed E-state index contributed by atoms with van der Waals surface area (Å²) in [4.78, 5) is 14.8. The Bertz CT molecular complexity index is 755. The van der Waals surface area contributed by atoms with E-state index in [0.29, 0.717) is 29.6 Å². The summed E-state index contributed by atoms with van der Waals surface area (Å²) in [5.41, 5.74) is 1.02. The van der Waals surface area contributed by atoms with Crippen LogP contribution in [0.15, 0.2) is 24.3 Å². The highest BCUT2D eigenvalue weighted by molar-refractivity contribution is 7.88. The molecule has 2 rings (SSSR count). The Hall–Kier alpha value is -1.93. The number of carbonyl (C=O) groups is 1. The molecule has 0 aliphatic heterocycles. The molecule has 0 spiro atoms. The van der Waals surface area contributed by atoms with Crippen molar-refractivity contribution >= 4 is 26.8 Å². The summed E-state index contributed by atoms with van der Waals surface area (Å²) in [5, 5.41) is 3.29. The summed E-state index contributed by atoms with van der Waals surface area (Å²) in [5.74, 6) is -0.675. The van der Waals surface area contributed by atoms with Crippen molar-refractivity contribution < 1.29 is 17.6 Å². The number of H-pyrrole nitrogens is 1. The Morgan fingerprint density at radius 3 is 2.76 bits per heavy atom. The van der Waals surface area contributed by atoms with E-state index in [1.807, 2.05) is 0 Å². The fourth-order valence-electron chi connectivity index (χ4n) is 1.87. The lowest BCUT2D eigenvalue weighted by Gasteiger charge is -2.04. The van der Waals surface area contributed by atoms with Gasteiger partial charge in [0.2, 0.25) is 10.0 Å². The SMILES string of the molecule is CS(=O)(=O)NCCCNC(=O)c1cc2cc(F)ccc2[nH]1. The molecule has 0 bridgehead atoms. The van der Waals surface area contributed by atoms with Crippen LogP contribution in [0.5, 0.6) is 0 Å². The van der Waals surface area contributed by atoms with Crippen LogP contribution in [-0.4, -0.2) is 38.7 Å². The average molecular weight is 313 g/mol. The maximum absolute atomic E-state index is 13.1. The van der Waals surface area contributed by atoms with Crippen LogP contribution in [0.2, 0.25) is 0 Å². The molecule has 3 N–H and O–H groups in total. The van der Waals surface area contributed by atoms with Crippen molar-refractivity contribution in [2.75, 3.05) is 19.3 Å². The molecule has 1 aromatic heterocycles. The molecule has 6 nitrogen and oxygen atoms in total. The fraction of sp³-hybridized carbons (Fsp3) is 0.308. The molecule has 114 valence electrons. The molecule has 21 heavy (non-hydrogen) atoms. The van der Waals surface area contributed by atoms with Gasteiger partial charge in [0.1, 0.15) is 11.5 Å². The number of carbonyl (C=O) groups excluding carboxylic acids is 1. The first-order valence-corrected chi connectivity index (χ1v) is 8.25. The third kappa shape index (κ3) is 4.54. The maximum atomic E-state index is 13.1. The van der Waals surface area contributed by atoms with Gasteiger partial charge in [-0.3, -0.25) is 4.79 Å². The molecule has 0 radical (unpaired) electrons. The van der Waals surface area contributed by atoms with Crippen molar-refractivity contribution in [3.05, 3.63) is 35.8 Å². The fourth-order valence-corrected chi connectivity index (χ4v) is 2.38. The van der Waals surface area contributed by atoms with Gasteiger partial charge in [0.25, 0.3) is 5.91 Å². The minimum absolute atomic E-state index is 0.261. The highest BCUT2D eigenvalue weighted by Crippen LogP contribution is 2.16. The van der Waals surface area contributed by atoms with Crippen LogP contribution in [0, 0.1) is 5.82 Å². The molecule has 0 aliphatic carbocycles. The number of fused-ring (bicyclic) bond motifs is 1. The van der Waals surface area contributed by atoms with Crippen LogP contribution in [0.3, 0.4) is 0 Å². The summed E-state index contributed by atoms with van der Waals surface area (Å²) in [6, 6.07) is 5.80. The van der Waals surface area contributed by atoms with Crippen molar-refractivity contribution in [1.29, 1.82) is 0 Å². The van der Waals surface area contributed by atoms with Gasteiger partial charge in [-0.15, -0.1) is 0 Å². The zero-order chi connectivity index (χ0) is 15.5. The second kappa shape index (κ2) is 6.23. The van der Waals surface area contributed by atoms with Crippen molar-refractivity contribution in [2.24, 2.45) is 0 Å². The molecular weight excluding hydrogens is 297 g/mol. The van der Waals surface area contributed by atoms with E-state index in [9.17, 15) is 17.6 Å². The van der Waals surface area contributed by atoms with Crippen LogP contribution in [0.1, 0.15) is 16.9 Å². The maximum Gasteiger partial charge on any atom is 0.267 e. The number of hydrogen-bond acceptors (Lipinski definition) is 3. The molecule has 1 amide bonds. The van der Waals surface area contributed by atoms with Crippen molar-refractivity contribution in [1.82, 2.24) is 15.0 Å².